The Hall–Kier alpha value is 0.160. The van der Waals surface area contributed by atoms with Crippen molar-refractivity contribution in [3.05, 3.63) is 26.0 Å². The van der Waals surface area contributed by atoms with E-state index in [4.69, 9.17) is 4.74 Å². The van der Waals surface area contributed by atoms with Gasteiger partial charge in [0.2, 0.25) is 0 Å². The van der Waals surface area contributed by atoms with Gasteiger partial charge in [0, 0.05) is 8.04 Å². The first-order valence-electron chi connectivity index (χ1n) is 2.83. The quantitative estimate of drug-likeness (QED) is 0.567. The van der Waals surface area contributed by atoms with E-state index in [1.807, 2.05) is 22.6 Å². The minimum atomic E-state index is -0.333. The molecule has 1 aromatic rings. The Morgan fingerprint density at radius 3 is 2.73 bits per heavy atom. The molecule has 0 bridgehead atoms. The second-order valence-electron chi connectivity index (χ2n) is 1.90. The first-order valence-corrected chi connectivity index (χ1v) is 4.71. The van der Waals surface area contributed by atoms with Crippen molar-refractivity contribution in [1.82, 2.24) is 0 Å². The van der Waals surface area contributed by atoms with Crippen molar-refractivity contribution in [2.45, 2.75) is 0 Å². The molecule has 0 radical (unpaired) electrons. The summed E-state index contributed by atoms with van der Waals surface area (Å²) < 4.78 is 19.3. The maximum Gasteiger partial charge on any atom is 0.166 e. The van der Waals surface area contributed by atoms with E-state index in [9.17, 15) is 4.39 Å². The van der Waals surface area contributed by atoms with Gasteiger partial charge in [0.15, 0.2) is 11.6 Å². The molecule has 1 rings (SSSR count). The molecule has 0 spiro atoms. The fourth-order valence-electron chi connectivity index (χ4n) is 0.661. The van der Waals surface area contributed by atoms with Gasteiger partial charge < -0.3 is 4.74 Å². The van der Waals surface area contributed by atoms with Crippen LogP contribution >= 0.6 is 38.5 Å². The van der Waals surface area contributed by atoms with Crippen molar-refractivity contribution < 1.29 is 9.13 Å². The second-order valence-corrected chi connectivity index (χ2v) is 3.92. The van der Waals surface area contributed by atoms with E-state index in [1.54, 1.807) is 6.07 Å². The van der Waals surface area contributed by atoms with Crippen LogP contribution in [0.1, 0.15) is 0 Å². The Morgan fingerprint density at radius 1 is 1.55 bits per heavy atom. The number of hydrogen-bond acceptors (Lipinski definition) is 1. The smallest absolute Gasteiger partial charge is 0.166 e. The van der Waals surface area contributed by atoms with Gasteiger partial charge in [0.05, 0.1) is 7.11 Å². The van der Waals surface area contributed by atoms with Crippen molar-refractivity contribution in [2.75, 3.05) is 7.11 Å². The molecule has 60 valence electrons. The first kappa shape index (κ1) is 9.25. The molecule has 0 aliphatic rings. The molecule has 0 amide bonds. The number of rotatable bonds is 1. The molecule has 0 N–H and O–H groups in total. The molecule has 0 aliphatic heterocycles. The maximum absolute atomic E-state index is 12.9. The predicted molar refractivity (Wildman–Crippen MR) is 53.4 cm³/mol. The lowest BCUT2D eigenvalue weighted by Crippen LogP contribution is -1.89. The Bertz CT molecular complexity index is 277. The van der Waals surface area contributed by atoms with E-state index in [-0.39, 0.29) is 11.6 Å². The molecule has 0 heterocycles. The molecule has 0 aromatic heterocycles. The second kappa shape index (κ2) is 3.71. The fourth-order valence-corrected chi connectivity index (χ4v) is 1.41. The molecule has 0 fully saturated rings. The summed E-state index contributed by atoms with van der Waals surface area (Å²) in [6.45, 7) is 0. The van der Waals surface area contributed by atoms with Crippen LogP contribution in [-0.2, 0) is 0 Å². The van der Waals surface area contributed by atoms with Crippen LogP contribution in [0.5, 0.6) is 5.75 Å². The van der Waals surface area contributed by atoms with E-state index in [2.05, 4.69) is 15.9 Å². The van der Waals surface area contributed by atoms with Crippen molar-refractivity contribution in [2.24, 2.45) is 0 Å². The van der Waals surface area contributed by atoms with Crippen molar-refractivity contribution in [3.63, 3.8) is 0 Å². The van der Waals surface area contributed by atoms with Crippen molar-refractivity contribution in [3.8, 4) is 5.75 Å². The van der Waals surface area contributed by atoms with Crippen LogP contribution in [0.4, 0.5) is 4.39 Å². The van der Waals surface area contributed by atoms with Crippen LogP contribution in [0, 0.1) is 9.39 Å². The molecular formula is C7H5BrFIO. The fraction of sp³-hybridized carbons (Fsp3) is 0.143. The molecule has 0 saturated carbocycles. The zero-order valence-electron chi connectivity index (χ0n) is 5.70. The molecule has 0 saturated heterocycles. The summed E-state index contributed by atoms with van der Waals surface area (Å²) in [5.41, 5.74) is 0. The van der Waals surface area contributed by atoms with Gasteiger partial charge in [-0.1, -0.05) is 0 Å². The molecule has 11 heavy (non-hydrogen) atoms. The van der Waals surface area contributed by atoms with Crippen LogP contribution in [-0.4, -0.2) is 7.11 Å². The average Bonchev–Trinajstić information content (AvgIpc) is 1.97. The third kappa shape index (κ3) is 2.05. The summed E-state index contributed by atoms with van der Waals surface area (Å²) in [6.07, 6.45) is 0. The first-order chi connectivity index (χ1) is 5.15. The Kier molecular flexibility index (Phi) is 3.12. The van der Waals surface area contributed by atoms with E-state index in [0.29, 0.717) is 0 Å². The summed E-state index contributed by atoms with van der Waals surface area (Å²) in [5, 5.41) is 0. The molecule has 0 unspecified atom stereocenters. The molecule has 4 heteroatoms. The monoisotopic (exact) mass is 330 g/mol. The maximum atomic E-state index is 12.9. The van der Waals surface area contributed by atoms with Crippen LogP contribution in [0.2, 0.25) is 0 Å². The third-order valence-corrected chi connectivity index (χ3v) is 3.48. The van der Waals surface area contributed by atoms with Gasteiger partial charge in [-0.3, -0.25) is 0 Å². The van der Waals surface area contributed by atoms with E-state index in [1.165, 1.54) is 13.2 Å². The Labute approximate surface area is 86.2 Å². The van der Waals surface area contributed by atoms with Crippen molar-refractivity contribution in [1.29, 1.82) is 0 Å². The summed E-state index contributed by atoms with van der Waals surface area (Å²) in [7, 11) is 1.44. The number of methoxy groups -OCH3 is 1. The lowest BCUT2D eigenvalue weighted by Gasteiger charge is -2.02. The lowest BCUT2D eigenvalue weighted by molar-refractivity contribution is 0.386. The largest absolute Gasteiger partial charge is 0.494 e. The van der Waals surface area contributed by atoms with Gasteiger partial charge >= 0.3 is 0 Å². The highest BCUT2D eigenvalue weighted by Crippen LogP contribution is 2.26. The van der Waals surface area contributed by atoms with Gasteiger partial charge in [-0.25, -0.2) is 4.39 Å². The average molecular weight is 331 g/mol. The van der Waals surface area contributed by atoms with E-state index < -0.39 is 0 Å². The highest BCUT2D eigenvalue weighted by atomic mass is 127. The lowest BCUT2D eigenvalue weighted by atomic mass is 10.3. The minimum Gasteiger partial charge on any atom is -0.494 e. The van der Waals surface area contributed by atoms with Gasteiger partial charge in [-0.15, -0.1) is 0 Å². The van der Waals surface area contributed by atoms with Crippen LogP contribution in [0.15, 0.2) is 16.6 Å². The standard InChI is InChI=1S/C7H5BrFIO/c1-11-7-2-4(8)6(10)3-5(7)9/h2-3H,1H3. The molecule has 0 atom stereocenters. The molecule has 0 aliphatic carbocycles. The van der Waals surface area contributed by atoms with E-state index in [0.717, 1.165) is 8.04 Å². The molecule has 1 aromatic carbocycles. The zero-order chi connectivity index (χ0) is 8.43. The molecule has 1 nitrogen and oxygen atoms in total. The highest BCUT2D eigenvalue weighted by Gasteiger charge is 2.05. The minimum absolute atomic E-state index is 0.261. The van der Waals surface area contributed by atoms with E-state index >= 15 is 0 Å². The Balaban J connectivity index is 3.21. The van der Waals surface area contributed by atoms with Crippen molar-refractivity contribution >= 4 is 38.5 Å². The van der Waals surface area contributed by atoms with Crippen LogP contribution in [0.25, 0.3) is 0 Å². The predicted octanol–water partition coefficient (Wildman–Crippen LogP) is 3.20. The third-order valence-electron chi connectivity index (χ3n) is 1.19. The number of benzene rings is 1. The van der Waals surface area contributed by atoms with Gasteiger partial charge in [-0.05, 0) is 50.7 Å². The summed E-state index contributed by atoms with van der Waals surface area (Å²) in [6, 6.07) is 3.03. The van der Waals surface area contributed by atoms with Crippen LogP contribution < -0.4 is 4.74 Å². The number of halogens is 3. The normalized spacial score (nSPS) is 9.82. The summed E-state index contributed by atoms with van der Waals surface area (Å²) >= 11 is 5.31. The van der Waals surface area contributed by atoms with Gasteiger partial charge in [0.25, 0.3) is 0 Å². The number of ether oxygens (including phenoxy) is 1. The SMILES string of the molecule is COc1cc(Br)c(I)cc1F. The zero-order valence-corrected chi connectivity index (χ0v) is 9.44. The highest BCUT2D eigenvalue weighted by molar-refractivity contribution is 14.1. The van der Waals surface area contributed by atoms with Crippen LogP contribution in [0.3, 0.4) is 0 Å². The number of hydrogen-bond donors (Lipinski definition) is 0. The summed E-state index contributed by atoms with van der Waals surface area (Å²) in [4.78, 5) is 0. The topological polar surface area (TPSA) is 9.23 Å². The van der Waals surface area contributed by atoms with Gasteiger partial charge in [-0.2, -0.15) is 0 Å². The summed E-state index contributed by atoms with van der Waals surface area (Å²) in [5.74, 6) is -0.0719. The van der Waals surface area contributed by atoms with Gasteiger partial charge in [0.1, 0.15) is 0 Å². The molecular weight excluding hydrogens is 326 g/mol. The Morgan fingerprint density at radius 2 is 2.18 bits per heavy atom.